The van der Waals surface area contributed by atoms with Gasteiger partial charge in [0, 0.05) is 74.2 Å². The highest BCUT2D eigenvalue weighted by Gasteiger charge is 2.20. The first-order valence-corrected chi connectivity index (χ1v) is 12.9. The van der Waals surface area contributed by atoms with E-state index in [1.54, 1.807) is 41.9 Å². The summed E-state index contributed by atoms with van der Waals surface area (Å²) in [5, 5.41) is 17.7. The molecule has 3 heterocycles. The van der Waals surface area contributed by atoms with Crippen LogP contribution in [0.15, 0.2) is 59.9 Å². The van der Waals surface area contributed by atoms with Crippen molar-refractivity contribution in [2.45, 2.75) is 37.8 Å². The molecular weight excluding hydrogens is 484 g/mol. The number of aliphatic hydroxyl groups excluding tert-OH is 1. The standard InChI is InChI=1S/C28H34N6O4/c1-32-17-19(15-31-32)26-16-30-27-9-6-21(18-34(27)28(26)36)33(11-10-29-20-4-7-23(35)8-5-20)22-12-24(37-2)14-25(13-22)38-3/h6,9,12-18,20,23,29,35H,4-5,7-8,10-11H2,1-3H3. The highest BCUT2D eigenvalue weighted by Crippen LogP contribution is 2.33. The molecule has 1 fully saturated rings. The summed E-state index contributed by atoms with van der Waals surface area (Å²) < 4.78 is 14.3. The summed E-state index contributed by atoms with van der Waals surface area (Å²) in [4.78, 5) is 20.1. The van der Waals surface area contributed by atoms with Crippen LogP contribution in [-0.4, -0.2) is 63.7 Å². The van der Waals surface area contributed by atoms with Crippen LogP contribution in [0.3, 0.4) is 0 Å². The summed E-state index contributed by atoms with van der Waals surface area (Å²) in [5.74, 6) is 1.36. The molecule has 38 heavy (non-hydrogen) atoms. The summed E-state index contributed by atoms with van der Waals surface area (Å²) >= 11 is 0. The van der Waals surface area contributed by atoms with Crippen LogP contribution in [0.1, 0.15) is 25.7 Å². The Morgan fingerprint density at radius 3 is 2.42 bits per heavy atom. The minimum Gasteiger partial charge on any atom is -0.497 e. The Morgan fingerprint density at radius 2 is 1.76 bits per heavy atom. The van der Waals surface area contributed by atoms with Crippen LogP contribution in [0.5, 0.6) is 11.5 Å². The fraction of sp³-hybridized carbons (Fsp3) is 0.393. The lowest BCUT2D eigenvalue weighted by molar-refractivity contribution is 0.117. The van der Waals surface area contributed by atoms with Gasteiger partial charge in [0.15, 0.2) is 0 Å². The maximum atomic E-state index is 13.5. The number of nitrogens with zero attached hydrogens (tertiary/aromatic N) is 5. The SMILES string of the molecule is COc1cc(OC)cc(N(CCNC2CCC(O)CC2)c2ccc3ncc(-c4cnn(C)c4)c(=O)n3c2)c1. The third-order valence-corrected chi connectivity index (χ3v) is 7.13. The Morgan fingerprint density at radius 1 is 1.03 bits per heavy atom. The van der Waals surface area contributed by atoms with E-state index in [0.29, 0.717) is 35.3 Å². The second-order valence-corrected chi connectivity index (χ2v) is 9.68. The van der Waals surface area contributed by atoms with Crippen LogP contribution in [0.25, 0.3) is 16.8 Å². The van der Waals surface area contributed by atoms with E-state index in [0.717, 1.165) is 49.2 Å². The zero-order chi connectivity index (χ0) is 26.6. The fourth-order valence-electron chi connectivity index (χ4n) is 5.00. The number of methoxy groups -OCH3 is 2. The highest BCUT2D eigenvalue weighted by molar-refractivity contribution is 5.68. The molecule has 0 radical (unpaired) electrons. The first-order valence-electron chi connectivity index (χ1n) is 12.9. The number of pyridine rings is 1. The van der Waals surface area contributed by atoms with Crippen LogP contribution in [0, 0.1) is 0 Å². The fourth-order valence-corrected chi connectivity index (χ4v) is 5.00. The third kappa shape index (κ3) is 5.51. The van der Waals surface area contributed by atoms with Crippen molar-refractivity contribution >= 4 is 17.0 Å². The number of fused-ring (bicyclic) bond motifs is 1. The van der Waals surface area contributed by atoms with Gasteiger partial charge in [-0.25, -0.2) is 4.98 Å². The van der Waals surface area contributed by atoms with Gasteiger partial charge in [-0.3, -0.25) is 13.9 Å². The molecule has 0 amide bonds. The van der Waals surface area contributed by atoms with Crippen molar-refractivity contribution in [1.29, 1.82) is 0 Å². The highest BCUT2D eigenvalue weighted by atomic mass is 16.5. The second-order valence-electron chi connectivity index (χ2n) is 9.68. The molecule has 0 atom stereocenters. The number of aromatic nitrogens is 4. The van der Waals surface area contributed by atoms with Gasteiger partial charge in [-0.1, -0.05) is 0 Å². The average Bonchev–Trinajstić information content (AvgIpc) is 3.37. The van der Waals surface area contributed by atoms with Gasteiger partial charge in [0.05, 0.1) is 37.8 Å². The number of nitrogens with one attached hydrogen (secondary N) is 1. The van der Waals surface area contributed by atoms with Crippen molar-refractivity contribution in [2.24, 2.45) is 7.05 Å². The number of aryl methyl sites for hydroxylation is 1. The first kappa shape index (κ1) is 25.7. The van der Waals surface area contributed by atoms with E-state index in [2.05, 4.69) is 20.3 Å². The average molecular weight is 519 g/mol. The summed E-state index contributed by atoms with van der Waals surface area (Å²) in [5.41, 5.74) is 3.33. The van der Waals surface area contributed by atoms with Gasteiger partial charge in [0.25, 0.3) is 5.56 Å². The molecule has 1 aliphatic rings. The minimum atomic E-state index is -0.185. The number of rotatable bonds is 9. The van der Waals surface area contributed by atoms with E-state index < -0.39 is 0 Å². The largest absolute Gasteiger partial charge is 0.497 e. The lowest BCUT2D eigenvalue weighted by Gasteiger charge is -2.29. The first-order chi connectivity index (χ1) is 18.4. The molecule has 2 N–H and O–H groups in total. The monoisotopic (exact) mass is 518 g/mol. The maximum Gasteiger partial charge on any atom is 0.265 e. The molecule has 1 saturated carbocycles. The molecule has 0 unspecified atom stereocenters. The Kier molecular flexibility index (Phi) is 7.62. The van der Waals surface area contributed by atoms with Crippen molar-refractivity contribution in [1.82, 2.24) is 24.5 Å². The van der Waals surface area contributed by atoms with Crippen molar-refractivity contribution in [2.75, 3.05) is 32.2 Å². The quantitative estimate of drug-likeness (QED) is 0.348. The molecule has 5 rings (SSSR count). The van der Waals surface area contributed by atoms with Gasteiger partial charge in [0.1, 0.15) is 17.1 Å². The summed E-state index contributed by atoms with van der Waals surface area (Å²) in [6.45, 7) is 1.37. The zero-order valence-electron chi connectivity index (χ0n) is 22.0. The Bertz CT molecular complexity index is 1440. The van der Waals surface area contributed by atoms with E-state index in [-0.39, 0.29) is 11.7 Å². The Balaban J connectivity index is 1.51. The molecule has 0 bridgehead atoms. The molecule has 0 aliphatic heterocycles. The molecule has 0 spiro atoms. The van der Waals surface area contributed by atoms with Gasteiger partial charge >= 0.3 is 0 Å². The number of ether oxygens (including phenoxy) is 2. The van der Waals surface area contributed by atoms with Crippen LogP contribution < -0.4 is 25.2 Å². The molecule has 1 aliphatic carbocycles. The molecule has 10 heteroatoms. The smallest absolute Gasteiger partial charge is 0.265 e. The molecule has 3 aromatic heterocycles. The molecule has 200 valence electrons. The molecule has 1 aromatic carbocycles. The summed E-state index contributed by atoms with van der Waals surface area (Å²) in [7, 11) is 5.07. The normalized spacial score (nSPS) is 17.5. The van der Waals surface area contributed by atoms with E-state index in [1.807, 2.05) is 43.6 Å². The number of benzene rings is 1. The van der Waals surface area contributed by atoms with E-state index in [4.69, 9.17) is 9.47 Å². The molecule has 10 nitrogen and oxygen atoms in total. The maximum absolute atomic E-state index is 13.5. The lowest BCUT2D eigenvalue weighted by Crippen LogP contribution is -2.38. The number of hydrogen-bond donors (Lipinski definition) is 2. The zero-order valence-corrected chi connectivity index (χ0v) is 22.0. The van der Waals surface area contributed by atoms with Gasteiger partial charge in [-0.2, -0.15) is 5.10 Å². The molecular formula is C28H34N6O4. The topological polar surface area (TPSA) is 106 Å². The van der Waals surface area contributed by atoms with Crippen molar-refractivity contribution in [3.05, 3.63) is 65.5 Å². The van der Waals surface area contributed by atoms with Crippen LogP contribution >= 0.6 is 0 Å². The van der Waals surface area contributed by atoms with Crippen LogP contribution in [-0.2, 0) is 7.05 Å². The van der Waals surface area contributed by atoms with E-state index in [1.165, 1.54) is 0 Å². The second kappa shape index (κ2) is 11.2. The number of aliphatic hydroxyl groups is 1. The summed E-state index contributed by atoms with van der Waals surface area (Å²) in [6.07, 6.45) is 10.3. The van der Waals surface area contributed by atoms with E-state index in [9.17, 15) is 9.90 Å². The third-order valence-electron chi connectivity index (χ3n) is 7.13. The van der Waals surface area contributed by atoms with Crippen LogP contribution in [0.2, 0.25) is 0 Å². The summed E-state index contributed by atoms with van der Waals surface area (Å²) in [6, 6.07) is 9.94. The van der Waals surface area contributed by atoms with Gasteiger partial charge in [-0.15, -0.1) is 0 Å². The molecule has 0 saturated heterocycles. The Labute approximate surface area is 221 Å². The minimum absolute atomic E-state index is 0.160. The lowest BCUT2D eigenvalue weighted by atomic mass is 9.93. The predicted molar refractivity (Wildman–Crippen MR) is 146 cm³/mol. The van der Waals surface area contributed by atoms with Gasteiger partial charge < -0.3 is 24.8 Å². The predicted octanol–water partition coefficient (Wildman–Crippen LogP) is 3.14. The number of hydrogen-bond acceptors (Lipinski definition) is 8. The molecule has 4 aromatic rings. The van der Waals surface area contributed by atoms with E-state index >= 15 is 0 Å². The van der Waals surface area contributed by atoms with Crippen molar-refractivity contribution in [3.63, 3.8) is 0 Å². The Hall–Kier alpha value is -3.89. The van der Waals surface area contributed by atoms with Crippen molar-refractivity contribution in [3.8, 4) is 22.6 Å². The van der Waals surface area contributed by atoms with Gasteiger partial charge in [0.2, 0.25) is 0 Å². The number of anilines is 2. The van der Waals surface area contributed by atoms with Crippen molar-refractivity contribution < 1.29 is 14.6 Å². The van der Waals surface area contributed by atoms with Gasteiger partial charge in [-0.05, 0) is 37.8 Å². The van der Waals surface area contributed by atoms with Crippen LogP contribution in [0.4, 0.5) is 11.4 Å².